The summed E-state index contributed by atoms with van der Waals surface area (Å²) in [6, 6.07) is 12.7. The molecule has 0 aliphatic carbocycles. The maximum Gasteiger partial charge on any atom is 0.256 e. The van der Waals surface area contributed by atoms with Crippen molar-refractivity contribution >= 4 is 22.4 Å². The number of hydrogen-bond donors (Lipinski definition) is 0. The predicted molar refractivity (Wildman–Crippen MR) is 133 cm³/mol. The highest BCUT2D eigenvalue weighted by Gasteiger charge is 2.45. The first kappa shape index (κ1) is 21.9. The summed E-state index contributed by atoms with van der Waals surface area (Å²) in [5.41, 5.74) is 4.08. The van der Waals surface area contributed by atoms with Gasteiger partial charge >= 0.3 is 0 Å². The molecule has 0 unspecified atom stereocenters. The van der Waals surface area contributed by atoms with E-state index in [1.807, 2.05) is 43.0 Å². The van der Waals surface area contributed by atoms with Crippen LogP contribution >= 0.6 is 11.3 Å². The Balaban J connectivity index is 1.24. The van der Waals surface area contributed by atoms with Gasteiger partial charge in [-0.1, -0.05) is 35.1 Å². The Bertz CT molecular complexity index is 1400. The summed E-state index contributed by atoms with van der Waals surface area (Å²) in [5, 5.41) is 9.40. The predicted octanol–water partition coefficient (Wildman–Crippen LogP) is 4.50. The van der Waals surface area contributed by atoms with E-state index in [4.69, 9.17) is 4.98 Å². The van der Waals surface area contributed by atoms with Gasteiger partial charge in [-0.05, 0) is 50.1 Å². The molecule has 178 valence electrons. The van der Waals surface area contributed by atoms with Crippen LogP contribution in [-0.4, -0.2) is 56.5 Å². The molecule has 2 aromatic carbocycles. The molecule has 0 spiro atoms. The van der Waals surface area contributed by atoms with E-state index >= 15 is 0 Å². The van der Waals surface area contributed by atoms with Gasteiger partial charge in [0, 0.05) is 25.6 Å². The van der Waals surface area contributed by atoms with Gasteiger partial charge in [0.15, 0.2) is 5.13 Å². The smallest absolute Gasteiger partial charge is 0.256 e. The molecule has 2 aromatic heterocycles. The van der Waals surface area contributed by atoms with Crippen LogP contribution in [0.3, 0.4) is 0 Å². The number of anilines is 1. The second-order valence-corrected chi connectivity index (χ2v) is 10.3. The normalized spacial score (nSPS) is 19.4. The van der Waals surface area contributed by atoms with Gasteiger partial charge in [0.25, 0.3) is 5.91 Å². The Morgan fingerprint density at radius 2 is 1.91 bits per heavy atom. The number of likely N-dealkylation sites (tertiary alicyclic amines) is 1. The average Bonchev–Trinajstić information content (AvgIpc) is 3.49. The SMILES string of the molecule is Cc1ccc(-n2nccn2)c(C(=O)N2CC[C@H]3CN(c4nc(C)c(-c5cccc(F)c5)s4)[C@H]3C2)c1. The lowest BCUT2D eigenvalue weighted by atomic mass is 9.82. The third-order valence-electron chi connectivity index (χ3n) is 6.97. The van der Waals surface area contributed by atoms with Crippen molar-refractivity contribution in [2.24, 2.45) is 5.92 Å². The van der Waals surface area contributed by atoms with Crippen LogP contribution in [0, 0.1) is 25.6 Å². The molecule has 0 radical (unpaired) electrons. The number of benzene rings is 2. The Morgan fingerprint density at radius 3 is 2.71 bits per heavy atom. The number of aromatic nitrogens is 4. The number of halogens is 1. The summed E-state index contributed by atoms with van der Waals surface area (Å²) >= 11 is 1.59. The van der Waals surface area contributed by atoms with Gasteiger partial charge < -0.3 is 9.80 Å². The van der Waals surface area contributed by atoms with Crippen molar-refractivity contribution in [3.8, 4) is 16.1 Å². The fourth-order valence-corrected chi connectivity index (χ4v) is 6.24. The molecule has 2 aliphatic rings. The number of piperidine rings is 1. The summed E-state index contributed by atoms with van der Waals surface area (Å²) in [6.07, 6.45) is 4.19. The molecule has 4 aromatic rings. The van der Waals surface area contributed by atoms with Crippen LogP contribution in [0.5, 0.6) is 0 Å². The minimum Gasteiger partial charge on any atom is -0.343 e. The quantitative estimate of drug-likeness (QED) is 0.423. The number of amides is 1. The first-order chi connectivity index (χ1) is 17.0. The van der Waals surface area contributed by atoms with Crippen molar-refractivity contribution in [2.45, 2.75) is 26.3 Å². The van der Waals surface area contributed by atoms with Crippen molar-refractivity contribution in [1.82, 2.24) is 24.9 Å². The topological polar surface area (TPSA) is 67.2 Å². The molecule has 4 heterocycles. The maximum absolute atomic E-state index is 13.8. The van der Waals surface area contributed by atoms with Gasteiger partial charge in [-0.25, -0.2) is 9.37 Å². The fourth-order valence-electron chi connectivity index (χ4n) is 5.11. The van der Waals surface area contributed by atoms with Crippen LogP contribution in [0.1, 0.15) is 28.0 Å². The van der Waals surface area contributed by atoms with E-state index < -0.39 is 0 Å². The zero-order valence-electron chi connectivity index (χ0n) is 19.6. The van der Waals surface area contributed by atoms with Crippen molar-refractivity contribution in [2.75, 3.05) is 24.5 Å². The van der Waals surface area contributed by atoms with E-state index in [1.54, 1.807) is 35.9 Å². The Labute approximate surface area is 206 Å². The minimum absolute atomic E-state index is 0.00192. The van der Waals surface area contributed by atoms with E-state index in [1.165, 1.54) is 10.9 Å². The molecule has 9 heteroatoms. The number of nitrogens with zero attached hydrogens (tertiary/aromatic N) is 6. The van der Waals surface area contributed by atoms with Crippen LogP contribution in [0.2, 0.25) is 0 Å². The van der Waals surface area contributed by atoms with Gasteiger partial charge in [0.1, 0.15) is 5.82 Å². The van der Waals surface area contributed by atoms with Gasteiger partial charge in [0.05, 0.1) is 40.3 Å². The molecule has 6 rings (SSSR count). The van der Waals surface area contributed by atoms with Crippen molar-refractivity contribution < 1.29 is 9.18 Å². The van der Waals surface area contributed by atoms with E-state index in [0.29, 0.717) is 23.7 Å². The molecule has 0 N–H and O–H groups in total. The third-order valence-corrected chi connectivity index (χ3v) is 8.22. The van der Waals surface area contributed by atoms with Gasteiger partial charge in [-0.3, -0.25) is 4.79 Å². The van der Waals surface area contributed by atoms with E-state index in [0.717, 1.165) is 46.3 Å². The number of hydrogen-bond acceptors (Lipinski definition) is 6. The van der Waals surface area contributed by atoms with E-state index in [9.17, 15) is 9.18 Å². The molecule has 35 heavy (non-hydrogen) atoms. The van der Waals surface area contributed by atoms with Crippen molar-refractivity contribution in [1.29, 1.82) is 0 Å². The molecule has 2 aliphatic heterocycles. The summed E-state index contributed by atoms with van der Waals surface area (Å²) in [5.74, 6) is 0.302. The van der Waals surface area contributed by atoms with E-state index in [2.05, 4.69) is 15.1 Å². The maximum atomic E-state index is 13.8. The summed E-state index contributed by atoms with van der Waals surface area (Å²) in [4.78, 5) is 25.2. The number of fused-ring (bicyclic) bond motifs is 1. The molecule has 2 fully saturated rings. The van der Waals surface area contributed by atoms with Crippen LogP contribution in [0.25, 0.3) is 16.1 Å². The molecule has 2 atom stereocenters. The first-order valence-electron chi connectivity index (χ1n) is 11.7. The number of carbonyl (C=O) groups excluding carboxylic acids is 1. The summed E-state index contributed by atoms with van der Waals surface area (Å²) in [6.45, 7) is 6.28. The van der Waals surface area contributed by atoms with Crippen molar-refractivity contribution in [3.05, 3.63) is 77.5 Å². The molecular weight excluding hydrogens is 463 g/mol. The zero-order chi connectivity index (χ0) is 24.1. The molecule has 7 nitrogen and oxygen atoms in total. The van der Waals surface area contributed by atoms with Crippen molar-refractivity contribution in [3.63, 3.8) is 0 Å². The number of thiazole rings is 1. The number of aryl methyl sites for hydroxylation is 2. The molecule has 1 amide bonds. The monoisotopic (exact) mass is 488 g/mol. The van der Waals surface area contributed by atoms with E-state index in [-0.39, 0.29) is 17.8 Å². The van der Waals surface area contributed by atoms with Crippen LogP contribution in [0.15, 0.2) is 54.9 Å². The van der Waals surface area contributed by atoms with Crippen LogP contribution < -0.4 is 4.90 Å². The second kappa shape index (κ2) is 8.57. The standard InChI is InChI=1S/C26H25FN6OS/c1-16-6-7-22(33-28-9-10-29-33)21(12-16)25(34)31-11-8-19-14-32(23(19)15-31)26-30-17(2)24(35-26)18-4-3-5-20(27)13-18/h3-7,9-10,12-13,19,23H,8,11,14-15H2,1-2H3/t19-,23-/m0/s1. The average molecular weight is 489 g/mol. The highest BCUT2D eigenvalue weighted by Crippen LogP contribution is 2.42. The largest absolute Gasteiger partial charge is 0.343 e. The Kier molecular flexibility index (Phi) is 5.36. The fraction of sp³-hybridized carbons (Fsp3) is 0.308. The Morgan fingerprint density at radius 1 is 1.09 bits per heavy atom. The summed E-state index contributed by atoms with van der Waals surface area (Å²) in [7, 11) is 0. The minimum atomic E-state index is -0.247. The van der Waals surface area contributed by atoms with Gasteiger partial charge in [0.2, 0.25) is 0 Å². The molecular formula is C26H25FN6OS. The van der Waals surface area contributed by atoms with Gasteiger partial charge in [-0.15, -0.1) is 0 Å². The van der Waals surface area contributed by atoms with Gasteiger partial charge in [-0.2, -0.15) is 15.0 Å². The van der Waals surface area contributed by atoms with Crippen LogP contribution in [0.4, 0.5) is 9.52 Å². The molecule has 0 bridgehead atoms. The molecule has 0 saturated carbocycles. The van der Waals surface area contributed by atoms with Crippen LogP contribution in [-0.2, 0) is 0 Å². The lowest BCUT2D eigenvalue weighted by Gasteiger charge is -2.53. The second-order valence-electron chi connectivity index (χ2n) is 9.28. The highest BCUT2D eigenvalue weighted by atomic mass is 32.1. The zero-order valence-corrected chi connectivity index (χ0v) is 20.4. The Hall–Kier alpha value is -3.59. The third kappa shape index (κ3) is 3.89. The lowest BCUT2D eigenvalue weighted by molar-refractivity contribution is 0.0592. The number of carbonyl (C=O) groups is 1. The highest BCUT2D eigenvalue weighted by molar-refractivity contribution is 7.19. The first-order valence-corrected chi connectivity index (χ1v) is 12.6. The summed E-state index contributed by atoms with van der Waals surface area (Å²) < 4.78 is 13.8. The molecule has 2 saturated heterocycles. The lowest BCUT2D eigenvalue weighted by Crippen LogP contribution is -2.65. The number of rotatable bonds is 4.